The number of halogens is 1. The second kappa shape index (κ2) is 6.25. The maximum absolute atomic E-state index is 8.81. The van der Waals surface area contributed by atoms with Crippen LogP contribution in [0.5, 0.6) is 0 Å². The molecule has 0 aliphatic carbocycles. The summed E-state index contributed by atoms with van der Waals surface area (Å²) in [7, 11) is 0. The monoisotopic (exact) mass is 303 g/mol. The topological polar surface area (TPSA) is 49.6 Å². The van der Waals surface area contributed by atoms with Crippen LogP contribution < -0.4 is 0 Å². The predicted molar refractivity (Wildman–Crippen MR) is 82.0 cm³/mol. The van der Waals surface area contributed by atoms with Gasteiger partial charge in [0.2, 0.25) is 0 Å². The zero-order valence-electron chi connectivity index (χ0n) is 11.6. The van der Waals surface area contributed by atoms with Gasteiger partial charge in [-0.25, -0.2) is 9.97 Å². The quantitative estimate of drug-likeness (QED) is 0.629. The summed E-state index contributed by atoms with van der Waals surface area (Å²) >= 11 is 7.71. The Hall–Kier alpha value is -1.57. The molecule has 0 unspecified atom stereocenters. The molecular formula is C15H14ClN3S. The fourth-order valence-corrected chi connectivity index (χ4v) is 2.95. The lowest BCUT2D eigenvalue weighted by Crippen LogP contribution is -1.98. The van der Waals surface area contributed by atoms with E-state index in [1.807, 2.05) is 26.8 Å². The van der Waals surface area contributed by atoms with Gasteiger partial charge in [-0.05, 0) is 44.0 Å². The van der Waals surface area contributed by atoms with Crippen molar-refractivity contribution in [1.29, 1.82) is 5.26 Å². The molecular weight excluding hydrogens is 290 g/mol. The number of nitriles is 1. The minimum absolute atomic E-state index is 0.571. The van der Waals surface area contributed by atoms with E-state index in [0.717, 1.165) is 27.7 Å². The Balaban J connectivity index is 2.15. The maximum atomic E-state index is 8.81. The minimum Gasteiger partial charge on any atom is -0.228 e. The van der Waals surface area contributed by atoms with E-state index in [0.29, 0.717) is 16.3 Å². The molecule has 0 spiro atoms. The van der Waals surface area contributed by atoms with Gasteiger partial charge in [0.1, 0.15) is 0 Å². The Morgan fingerprint density at radius 2 is 1.85 bits per heavy atom. The second-order valence-electron chi connectivity index (χ2n) is 4.51. The van der Waals surface area contributed by atoms with Gasteiger partial charge in [0, 0.05) is 22.2 Å². The number of thioether (sulfide) groups is 1. The van der Waals surface area contributed by atoms with Crippen LogP contribution >= 0.6 is 23.4 Å². The van der Waals surface area contributed by atoms with E-state index in [1.165, 1.54) is 0 Å². The number of rotatable bonds is 3. The Bertz CT molecular complexity index is 669. The molecule has 0 radical (unpaired) electrons. The lowest BCUT2D eigenvalue weighted by Gasteiger charge is -2.07. The van der Waals surface area contributed by atoms with Crippen LogP contribution in [0.3, 0.4) is 0 Å². The van der Waals surface area contributed by atoms with Crippen molar-refractivity contribution in [1.82, 2.24) is 9.97 Å². The Morgan fingerprint density at radius 3 is 2.40 bits per heavy atom. The molecule has 0 aliphatic rings. The SMILES string of the molecule is Cc1nc(SCc2ccc(C#N)cc2Cl)nc(C)c1C. The van der Waals surface area contributed by atoms with Gasteiger partial charge in [-0.3, -0.25) is 0 Å². The molecule has 0 aliphatic heterocycles. The van der Waals surface area contributed by atoms with E-state index in [4.69, 9.17) is 16.9 Å². The summed E-state index contributed by atoms with van der Waals surface area (Å²) in [5.74, 6) is 0.687. The fourth-order valence-electron chi connectivity index (χ4n) is 1.68. The minimum atomic E-state index is 0.571. The highest BCUT2D eigenvalue weighted by molar-refractivity contribution is 7.98. The molecule has 2 aromatic rings. The van der Waals surface area contributed by atoms with Crippen molar-refractivity contribution in [2.45, 2.75) is 31.7 Å². The molecule has 0 N–H and O–H groups in total. The van der Waals surface area contributed by atoms with Crippen molar-refractivity contribution in [3.05, 3.63) is 51.3 Å². The first kappa shape index (κ1) is 14.8. The average molecular weight is 304 g/mol. The van der Waals surface area contributed by atoms with Crippen LogP contribution in [0.15, 0.2) is 23.4 Å². The Kier molecular flexibility index (Phi) is 4.64. The van der Waals surface area contributed by atoms with Crippen molar-refractivity contribution in [3.8, 4) is 6.07 Å². The smallest absolute Gasteiger partial charge is 0.188 e. The van der Waals surface area contributed by atoms with Gasteiger partial charge in [0.15, 0.2) is 5.16 Å². The molecule has 0 fully saturated rings. The summed E-state index contributed by atoms with van der Waals surface area (Å²) in [4.78, 5) is 8.94. The normalized spacial score (nSPS) is 10.3. The lowest BCUT2D eigenvalue weighted by molar-refractivity contribution is 0.880. The van der Waals surface area contributed by atoms with Gasteiger partial charge in [-0.1, -0.05) is 29.4 Å². The Morgan fingerprint density at radius 1 is 1.20 bits per heavy atom. The third-order valence-electron chi connectivity index (χ3n) is 3.15. The largest absolute Gasteiger partial charge is 0.228 e. The third-order valence-corrected chi connectivity index (χ3v) is 4.40. The summed E-state index contributed by atoms with van der Waals surface area (Å²) in [5, 5.41) is 10.2. The molecule has 20 heavy (non-hydrogen) atoms. The first-order valence-corrected chi connectivity index (χ1v) is 7.50. The summed E-state index contributed by atoms with van der Waals surface area (Å²) in [6, 6.07) is 7.41. The number of hydrogen-bond acceptors (Lipinski definition) is 4. The molecule has 1 aromatic carbocycles. The molecule has 0 atom stereocenters. The summed E-state index contributed by atoms with van der Waals surface area (Å²) in [6.45, 7) is 6.00. The molecule has 1 aromatic heterocycles. The van der Waals surface area contributed by atoms with Crippen LogP contribution in [0.4, 0.5) is 0 Å². The molecule has 1 heterocycles. The summed E-state index contributed by atoms with van der Waals surface area (Å²) in [5.41, 5.74) is 4.69. The van der Waals surface area contributed by atoms with Gasteiger partial charge in [-0.2, -0.15) is 5.26 Å². The van der Waals surface area contributed by atoms with Crippen LogP contribution in [0.25, 0.3) is 0 Å². The third kappa shape index (κ3) is 3.30. The molecule has 5 heteroatoms. The van der Waals surface area contributed by atoms with E-state index < -0.39 is 0 Å². The number of benzene rings is 1. The first-order valence-electron chi connectivity index (χ1n) is 6.14. The lowest BCUT2D eigenvalue weighted by atomic mass is 10.2. The van der Waals surface area contributed by atoms with Crippen molar-refractivity contribution >= 4 is 23.4 Å². The van der Waals surface area contributed by atoms with E-state index in [1.54, 1.807) is 23.9 Å². The first-order chi connectivity index (χ1) is 9.51. The van der Waals surface area contributed by atoms with Crippen LogP contribution in [-0.2, 0) is 5.75 Å². The molecule has 0 bridgehead atoms. The highest BCUT2D eigenvalue weighted by atomic mass is 35.5. The van der Waals surface area contributed by atoms with Gasteiger partial charge in [0.05, 0.1) is 11.6 Å². The Labute approximate surface area is 128 Å². The molecule has 0 saturated carbocycles. The van der Waals surface area contributed by atoms with E-state index in [2.05, 4.69) is 16.0 Å². The van der Waals surface area contributed by atoms with E-state index in [9.17, 15) is 0 Å². The van der Waals surface area contributed by atoms with Crippen LogP contribution in [0.1, 0.15) is 28.1 Å². The molecule has 102 valence electrons. The maximum Gasteiger partial charge on any atom is 0.188 e. The van der Waals surface area contributed by atoms with Crippen LogP contribution in [0.2, 0.25) is 5.02 Å². The molecule has 2 rings (SSSR count). The number of nitrogens with zero attached hydrogens (tertiary/aromatic N) is 3. The van der Waals surface area contributed by atoms with Gasteiger partial charge < -0.3 is 0 Å². The molecule has 0 amide bonds. The van der Waals surface area contributed by atoms with Crippen molar-refractivity contribution < 1.29 is 0 Å². The zero-order chi connectivity index (χ0) is 14.7. The number of hydrogen-bond donors (Lipinski definition) is 0. The fraction of sp³-hybridized carbons (Fsp3) is 0.267. The van der Waals surface area contributed by atoms with Gasteiger partial charge >= 0.3 is 0 Å². The summed E-state index contributed by atoms with van der Waals surface area (Å²) < 4.78 is 0. The van der Waals surface area contributed by atoms with Crippen molar-refractivity contribution in [2.24, 2.45) is 0 Å². The van der Waals surface area contributed by atoms with Crippen LogP contribution in [-0.4, -0.2) is 9.97 Å². The van der Waals surface area contributed by atoms with Crippen LogP contribution in [0, 0.1) is 32.1 Å². The highest BCUT2D eigenvalue weighted by Crippen LogP contribution is 2.26. The zero-order valence-corrected chi connectivity index (χ0v) is 13.1. The highest BCUT2D eigenvalue weighted by Gasteiger charge is 2.07. The number of aryl methyl sites for hydroxylation is 2. The van der Waals surface area contributed by atoms with Crippen molar-refractivity contribution in [2.75, 3.05) is 0 Å². The average Bonchev–Trinajstić information content (AvgIpc) is 2.43. The standard InChI is InChI=1S/C15H14ClN3S/c1-9-10(2)18-15(19-11(9)3)20-8-13-5-4-12(7-17)6-14(13)16/h4-6H,8H2,1-3H3. The van der Waals surface area contributed by atoms with Gasteiger partial charge in [-0.15, -0.1) is 0 Å². The molecule has 0 saturated heterocycles. The van der Waals surface area contributed by atoms with Crippen molar-refractivity contribution in [3.63, 3.8) is 0 Å². The van der Waals surface area contributed by atoms with E-state index in [-0.39, 0.29) is 0 Å². The summed E-state index contributed by atoms with van der Waals surface area (Å²) in [6.07, 6.45) is 0. The predicted octanol–water partition coefficient (Wildman–Crippen LogP) is 4.22. The molecule has 3 nitrogen and oxygen atoms in total. The van der Waals surface area contributed by atoms with Gasteiger partial charge in [0.25, 0.3) is 0 Å². The number of aromatic nitrogens is 2. The van der Waals surface area contributed by atoms with E-state index >= 15 is 0 Å². The second-order valence-corrected chi connectivity index (χ2v) is 5.86.